The standard InChI is InChI=1S/C45H35N11O5/c46-21-22-47-41(57)32-20-19-26(39(50-32)43-54-30-12-4-6-18-38(30)61-43)36-25-55(44(58)34-15-7-13-31(48-34)40-51-27-9-1-2-10-28(27)52-40)23-24-56(36)45(59)35-16-8-14-33(49-35)42-53-29-11-3-5-17-37(29)60-42/h1-20,36H,21-25,46H2,(H,47,57)(H,51,52). The molecule has 3 aromatic carbocycles. The van der Waals surface area contributed by atoms with Gasteiger partial charge in [-0.1, -0.05) is 54.6 Å². The zero-order valence-corrected chi connectivity index (χ0v) is 32.4. The van der Waals surface area contributed by atoms with Crippen molar-refractivity contribution in [3.05, 3.63) is 144 Å². The van der Waals surface area contributed by atoms with Crippen LogP contribution >= 0.6 is 0 Å². The van der Waals surface area contributed by atoms with E-state index in [0.29, 0.717) is 45.0 Å². The number of hydrogen-bond donors (Lipinski definition) is 3. The molecule has 1 aliphatic heterocycles. The highest BCUT2D eigenvalue weighted by atomic mass is 16.4. The van der Waals surface area contributed by atoms with Gasteiger partial charge in [-0.15, -0.1) is 0 Å². The molecule has 61 heavy (non-hydrogen) atoms. The first-order valence-electron chi connectivity index (χ1n) is 19.6. The van der Waals surface area contributed by atoms with Crippen LogP contribution < -0.4 is 11.1 Å². The first-order valence-corrected chi connectivity index (χ1v) is 19.6. The normalized spacial score (nSPS) is 14.2. The van der Waals surface area contributed by atoms with Gasteiger partial charge in [-0.05, 0) is 66.7 Å². The minimum atomic E-state index is -0.822. The van der Waals surface area contributed by atoms with E-state index in [1.165, 1.54) is 0 Å². The lowest BCUT2D eigenvalue weighted by atomic mass is 9.98. The molecule has 6 aromatic heterocycles. The molecule has 7 heterocycles. The SMILES string of the molecule is NCCNC(=O)c1ccc(C2CN(C(=O)c3cccc(-c4nc5ccccc5[nH]4)n3)CCN2C(=O)c2cccc(-c3nc4ccccc4o3)n2)c(-c2nc3ccccc3o2)n1. The van der Waals surface area contributed by atoms with Crippen LogP contribution in [-0.4, -0.2) is 95.1 Å². The molecule has 0 radical (unpaired) electrons. The van der Waals surface area contributed by atoms with Crippen LogP contribution in [0.2, 0.25) is 0 Å². The van der Waals surface area contributed by atoms with Crippen LogP contribution in [0.15, 0.2) is 130 Å². The maximum absolute atomic E-state index is 14.8. The molecule has 1 atom stereocenters. The van der Waals surface area contributed by atoms with Gasteiger partial charge < -0.3 is 34.7 Å². The fourth-order valence-electron chi connectivity index (χ4n) is 7.49. The van der Waals surface area contributed by atoms with Crippen molar-refractivity contribution in [1.82, 2.24) is 50.0 Å². The summed E-state index contributed by atoms with van der Waals surface area (Å²) in [5, 5.41) is 2.76. The number of pyridine rings is 3. The number of nitrogens with one attached hydrogen (secondary N) is 2. The Morgan fingerprint density at radius 1 is 0.639 bits per heavy atom. The molecule has 1 aliphatic rings. The number of imidazole rings is 1. The molecule has 0 spiro atoms. The van der Waals surface area contributed by atoms with E-state index in [1.54, 1.807) is 70.5 Å². The van der Waals surface area contributed by atoms with Crippen molar-refractivity contribution in [3.8, 4) is 34.7 Å². The molecular weight excluding hydrogens is 775 g/mol. The van der Waals surface area contributed by atoms with Crippen molar-refractivity contribution in [1.29, 1.82) is 0 Å². The second kappa shape index (κ2) is 15.6. The first-order chi connectivity index (χ1) is 29.9. The summed E-state index contributed by atoms with van der Waals surface area (Å²) in [6, 6.07) is 35.0. The topological polar surface area (TPSA) is 215 Å². The Morgan fingerprint density at radius 2 is 1.30 bits per heavy atom. The molecule has 0 saturated carbocycles. The number of aromatic amines is 1. The predicted octanol–water partition coefficient (Wildman–Crippen LogP) is 6.06. The molecule has 16 nitrogen and oxygen atoms in total. The monoisotopic (exact) mass is 809 g/mol. The maximum atomic E-state index is 14.8. The number of carbonyl (C=O) groups excluding carboxylic acids is 3. The number of H-pyrrole nitrogens is 1. The van der Waals surface area contributed by atoms with Crippen LogP contribution in [0.4, 0.5) is 0 Å². The number of rotatable bonds is 9. The highest BCUT2D eigenvalue weighted by Gasteiger charge is 2.38. The van der Waals surface area contributed by atoms with Crippen molar-refractivity contribution in [3.63, 3.8) is 0 Å². The van der Waals surface area contributed by atoms with Gasteiger partial charge in [-0.2, -0.15) is 0 Å². The Bertz CT molecular complexity index is 3040. The van der Waals surface area contributed by atoms with Crippen LogP contribution in [0.25, 0.3) is 67.9 Å². The number of nitrogens with two attached hydrogens (primary N) is 1. The van der Waals surface area contributed by atoms with Crippen molar-refractivity contribution in [2.24, 2.45) is 5.73 Å². The fourth-order valence-corrected chi connectivity index (χ4v) is 7.49. The Balaban J connectivity index is 1.05. The lowest BCUT2D eigenvalue weighted by molar-refractivity contribution is 0.0377. The summed E-state index contributed by atoms with van der Waals surface area (Å²) in [6.45, 7) is 0.790. The fraction of sp³-hybridized carbons (Fsp3) is 0.133. The van der Waals surface area contributed by atoms with Gasteiger partial charge in [-0.3, -0.25) is 14.4 Å². The zero-order chi connectivity index (χ0) is 41.5. The molecule has 4 N–H and O–H groups in total. The third kappa shape index (κ3) is 7.10. The summed E-state index contributed by atoms with van der Waals surface area (Å²) in [4.78, 5) is 77.3. The molecule has 16 heteroatoms. The van der Waals surface area contributed by atoms with E-state index < -0.39 is 17.9 Å². The molecule has 0 aliphatic carbocycles. The molecule has 1 saturated heterocycles. The number of carbonyl (C=O) groups is 3. The van der Waals surface area contributed by atoms with Crippen molar-refractivity contribution in [2.45, 2.75) is 6.04 Å². The summed E-state index contributed by atoms with van der Waals surface area (Å²) < 4.78 is 12.2. The van der Waals surface area contributed by atoms with Crippen molar-refractivity contribution < 1.29 is 23.2 Å². The lowest BCUT2D eigenvalue weighted by Crippen LogP contribution is -2.52. The van der Waals surface area contributed by atoms with E-state index in [1.807, 2.05) is 60.7 Å². The van der Waals surface area contributed by atoms with Crippen LogP contribution in [0.1, 0.15) is 43.1 Å². The minimum Gasteiger partial charge on any atom is -0.435 e. The first kappa shape index (κ1) is 37.2. The smallest absolute Gasteiger partial charge is 0.273 e. The van der Waals surface area contributed by atoms with Crippen molar-refractivity contribution in [2.75, 3.05) is 32.7 Å². The molecule has 300 valence electrons. The number of nitrogens with zero attached hydrogens (tertiary/aromatic N) is 8. The molecule has 10 rings (SSSR count). The summed E-state index contributed by atoms with van der Waals surface area (Å²) in [5.41, 5.74) is 11.7. The van der Waals surface area contributed by atoms with E-state index in [9.17, 15) is 14.4 Å². The van der Waals surface area contributed by atoms with E-state index in [2.05, 4.69) is 20.3 Å². The molecule has 0 bridgehead atoms. The Hall–Kier alpha value is -8.11. The minimum absolute atomic E-state index is 0.0273. The highest BCUT2D eigenvalue weighted by molar-refractivity contribution is 5.96. The second-order valence-electron chi connectivity index (χ2n) is 14.3. The van der Waals surface area contributed by atoms with Gasteiger partial charge in [0.2, 0.25) is 11.8 Å². The van der Waals surface area contributed by atoms with E-state index in [0.717, 1.165) is 11.0 Å². The Morgan fingerprint density at radius 3 is 2.03 bits per heavy atom. The number of piperazine rings is 1. The average Bonchev–Trinajstić information content (AvgIpc) is 4.07. The summed E-state index contributed by atoms with van der Waals surface area (Å²) in [5.74, 6) is -0.267. The second-order valence-corrected chi connectivity index (χ2v) is 14.3. The number of hydrogen-bond acceptors (Lipinski definition) is 12. The Labute approximate surface area is 346 Å². The van der Waals surface area contributed by atoms with Gasteiger partial charge in [0.1, 0.15) is 45.2 Å². The molecule has 1 unspecified atom stereocenters. The number of benzene rings is 3. The van der Waals surface area contributed by atoms with Gasteiger partial charge in [0.15, 0.2) is 17.0 Å². The third-order valence-electron chi connectivity index (χ3n) is 10.5. The number of aromatic nitrogens is 7. The summed E-state index contributed by atoms with van der Waals surface area (Å²) in [7, 11) is 0. The van der Waals surface area contributed by atoms with Gasteiger partial charge in [0.25, 0.3) is 17.7 Å². The number of para-hydroxylation sites is 6. The number of fused-ring (bicyclic) bond motifs is 3. The predicted molar refractivity (Wildman–Crippen MR) is 225 cm³/mol. The van der Waals surface area contributed by atoms with Crippen LogP contribution in [0.3, 0.4) is 0 Å². The lowest BCUT2D eigenvalue weighted by Gasteiger charge is -2.41. The number of amides is 3. The average molecular weight is 810 g/mol. The van der Waals surface area contributed by atoms with Gasteiger partial charge in [-0.25, -0.2) is 29.9 Å². The molecule has 3 amide bonds. The maximum Gasteiger partial charge on any atom is 0.273 e. The largest absolute Gasteiger partial charge is 0.435 e. The van der Waals surface area contributed by atoms with E-state index in [4.69, 9.17) is 34.5 Å². The molecule has 9 aromatic rings. The van der Waals surface area contributed by atoms with Crippen LogP contribution in [0.5, 0.6) is 0 Å². The highest BCUT2D eigenvalue weighted by Crippen LogP contribution is 2.36. The molecular formula is C45H35N11O5. The van der Waals surface area contributed by atoms with E-state index in [-0.39, 0.29) is 73.2 Å². The van der Waals surface area contributed by atoms with Crippen molar-refractivity contribution >= 4 is 51.0 Å². The van der Waals surface area contributed by atoms with Gasteiger partial charge >= 0.3 is 0 Å². The van der Waals surface area contributed by atoms with Crippen LogP contribution in [0, 0.1) is 0 Å². The summed E-state index contributed by atoms with van der Waals surface area (Å²) in [6.07, 6.45) is 0. The zero-order valence-electron chi connectivity index (χ0n) is 32.4. The van der Waals surface area contributed by atoms with E-state index >= 15 is 0 Å². The number of oxazole rings is 2. The third-order valence-corrected chi connectivity index (χ3v) is 10.5. The van der Waals surface area contributed by atoms with Gasteiger partial charge in [0, 0.05) is 38.3 Å². The Kier molecular flexibility index (Phi) is 9.49. The quantitative estimate of drug-likeness (QED) is 0.152. The molecule has 1 fully saturated rings. The van der Waals surface area contributed by atoms with Gasteiger partial charge in [0.05, 0.1) is 17.1 Å². The summed E-state index contributed by atoms with van der Waals surface area (Å²) >= 11 is 0. The van der Waals surface area contributed by atoms with Crippen LogP contribution in [-0.2, 0) is 0 Å².